The zero-order valence-electron chi connectivity index (χ0n) is 11.5. The third kappa shape index (κ3) is 2.54. The Kier molecular flexibility index (Phi) is 3.70. The van der Waals surface area contributed by atoms with E-state index >= 15 is 0 Å². The molecule has 0 unspecified atom stereocenters. The molecule has 6 nitrogen and oxygen atoms in total. The second-order valence-corrected chi connectivity index (χ2v) is 5.45. The van der Waals surface area contributed by atoms with Crippen LogP contribution in [0.1, 0.15) is 11.3 Å². The van der Waals surface area contributed by atoms with Crippen LogP contribution in [0, 0.1) is 6.92 Å². The molecule has 0 aliphatic heterocycles. The Morgan fingerprint density at radius 1 is 1.45 bits per heavy atom. The minimum absolute atomic E-state index is 0.694. The third-order valence-corrected chi connectivity index (χ3v) is 3.85. The normalized spacial score (nSPS) is 11.3. The lowest BCUT2D eigenvalue weighted by molar-refractivity contribution is 0.392. The average Bonchev–Trinajstić information content (AvgIpc) is 3.11. The molecule has 1 N–H and O–H groups in total. The highest BCUT2D eigenvalue weighted by molar-refractivity contribution is 7.15. The van der Waals surface area contributed by atoms with Gasteiger partial charge in [-0.1, -0.05) is 0 Å². The fourth-order valence-electron chi connectivity index (χ4n) is 2.13. The highest BCUT2D eigenvalue weighted by Crippen LogP contribution is 2.22. The predicted octanol–water partition coefficient (Wildman–Crippen LogP) is 1.70. The fraction of sp³-hybridized carbons (Fsp3) is 0.385. The van der Waals surface area contributed by atoms with E-state index in [-0.39, 0.29) is 0 Å². The van der Waals surface area contributed by atoms with Gasteiger partial charge < -0.3 is 10.1 Å². The summed E-state index contributed by atoms with van der Waals surface area (Å²) in [6, 6.07) is 0. The topological polar surface area (TPSA) is 56.4 Å². The molecular weight excluding hydrogens is 274 g/mol. The molecule has 3 rings (SSSR count). The molecule has 0 saturated carbocycles. The summed E-state index contributed by atoms with van der Waals surface area (Å²) in [4.78, 5) is 5.39. The standard InChI is InChI=1S/C13H17N5OS/c1-10-7-15-17(9-10)4-3-14-8-11-12(19-2)16-13-18(11)5-6-20-13/h5-7,9,14H,3-4,8H2,1-2H3. The van der Waals surface area contributed by atoms with Gasteiger partial charge in [0.15, 0.2) is 4.96 Å². The highest BCUT2D eigenvalue weighted by Gasteiger charge is 2.12. The van der Waals surface area contributed by atoms with Gasteiger partial charge in [0.1, 0.15) is 5.69 Å². The largest absolute Gasteiger partial charge is 0.480 e. The molecule has 0 saturated heterocycles. The molecule has 7 heteroatoms. The van der Waals surface area contributed by atoms with Crippen LogP contribution in [0.5, 0.6) is 5.88 Å². The van der Waals surface area contributed by atoms with E-state index in [4.69, 9.17) is 4.74 Å². The van der Waals surface area contributed by atoms with Crippen LogP contribution in [0.3, 0.4) is 0 Å². The van der Waals surface area contributed by atoms with Gasteiger partial charge in [0.05, 0.1) is 19.9 Å². The number of thiazole rings is 1. The maximum absolute atomic E-state index is 5.32. The summed E-state index contributed by atoms with van der Waals surface area (Å²) in [5, 5.41) is 9.69. The molecule has 0 radical (unpaired) electrons. The van der Waals surface area contributed by atoms with E-state index in [0.717, 1.165) is 30.3 Å². The molecule has 3 aromatic rings. The molecule has 0 spiro atoms. The van der Waals surface area contributed by atoms with Crippen molar-refractivity contribution in [2.75, 3.05) is 13.7 Å². The van der Waals surface area contributed by atoms with Crippen molar-refractivity contribution in [2.24, 2.45) is 0 Å². The van der Waals surface area contributed by atoms with E-state index in [1.54, 1.807) is 18.4 Å². The zero-order valence-corrected chi connectivity index (χ0v) is 12.4. The SMILES string of the molecule is COc1nc2sccn2c1CNCCn1cc(C)cn1. The molecule has 3 aromatic heterocycles. The number of methoxy groups -OCH3 is 1. The number of hydrogen-bond donors (Lipinski definition) is 1. The summed E-state index contributed by atoms with van der Waals surface area (Å²) in [6.45, 7) is 4.46. The molecular formula is C13H17N5OS. The van der Waals surface area contributed by atoms with Gasteiger partial charge in [-0.3, -0.25) is 9.08 Å². The lowest BCUT2D eigenvalue weighted by atomic mass is 10.4. The van der Waals surface area contributed by atoms with Crippen LogP contribution in [0.2, 0.25) is 0 Å². The summed E-state index contributed by atoms with van der Waals surface area (Å²) >= 11 is 1.61. The predicted molar refractivity (Wildman–Crippen MR) is 78.3 cm³/mol. The number of aryl methyl sites for hydroxylation is 1. The second-order valence-electron chi connectivity index (χ2n) is 4.58. The van der Waals surface area contributed by atoms with Crippen molar-refractivity contribution >= 4 is 16.3 Å². The molecule has 0 amide bonds. The van der Waals surface area contributed by atoms with E-state index in [1.165, 1.54) is 5.56 Å². The van der Waals surface area contributed by atoms with Gasteiger partial charge in [0, 0.05) is 30.9 Å². The first-order valence-electron chi connectivity index (χ1n) is 6.46. The molecule has 3 heterocycles. The number of ether oxygens (including phenoxy) is 1. The number of rotatable bonds is 6. The van der Waals surface area contributed by atoms with Crippen molar-refractivity contribution in [3.63, 3.8) is 0 Å². The number of nitrogens with zero attached hydrogens (tertiary/aromatic N) is 4. The van der Waals surface area contributed by atoms with Gasteiger partial charge in [-0.15, -0.1) is 11.3 Å². The minimum atomic E-state index is 0.694. The van der Waals surface area contributed by atoms with Crippen LogP contribution in [-0.4, -0.2) is 32.8 Å². The van der Waals surface area contributed by atoms with Gasteiger partial charge in [0.25, 0.3) is 0 Å². The smallest absolute Gasteiger partial charge is 0.237 e. The Balaban J connectivity index is 1.60. The first-order valence-corrected chi connectivity index (χ1v) is 7.34. The van der Waals surface area contributed by atoms with E-state index in [1.807, 2.05) is 35.6 Å². The average molecular weight is 291 g/mol. The number of hydrogen-bond acceptors (Lipinski definition) is 5. The quantitative estimate of drug-likeness (QED) is 0.702. The van der Waals surface area contributed by atoms with Gasteiger partial charge >= 0.3 is 0 Å². The molecule has 0 fully saturated rings. The van der Waals surface area contributed by atoms with Crippen molar-refractivity contribution in [3.05, 3.63) is 35.2 Å². The van der Waals surface area contributed by atoms with Crippen LogP contribution in [0.25, 0.3) is 4.96 Å². The van der Waals surface area contributed by atoms with Crippen LogP contribution in [0.15, 0.2) is 24.0 Å². The Morgan fingerprint density at radius 3 is 3.10 bits per heavy atom. The summed E-state index contributed by atoms with van der Waals surface area (Å²) in [5.41, 5.74) is 2.24. The Bertz CT molecular complexity index is 699. The van der Waals surface area contributed by atoms with Crippen molar-refractivity contribution in [1.82, 2.24) is 24.5 Å². The van der Waals surface area contributed by atoms with E-state index < -0.39 is 0 Å². The Morgan fingerprint density at radius 2 is 2.35 bits per heavy atom. The van der Waals surface area contributed by atoms with Crippen LogP contribution in [-0.2, 0) is 13.1 Å². The first-order chi connectivity index (χ1) is 9.78. The lowest BCUT2D eigenvalue weighted by Crippen LogP contribution is -2.20. The van der Waals surface area contributed by atoms with Crippen molar-refractivity contribution < 1.29 is 4.74 Å². The molecule has 0 aromatic carbocycles. The van der Waals surface area contributed by atoms with Gasteiger partial charge in [-0.2, -0.15) is 10.1 Å². The fourth-order valence-corrected chi connectivity index (χ4v) is 2.85. The minimum Gasteiger partial charge on any atom is -0.480 e. The first kappa shape index (κ1) is 13.1. The Labute approximate surface area is 121 Å². The van der Waals surface area contributed by atoms with Crippen LogP contribution >= 0.6 is 11.3 Å². The van der Waals surface area contributed by atoms with Crippen molar-refractivity contribution in [2.45, 2.75) is 20.0 Å². The van der Waals surface area contributed by atoms with Crippen LogP contribution in [0.4, 0.5) is 0 Å². The van der Waals surface area contributed by atoms with Crippen LogP contribution < -0.4 is 10.1 Å². The van der Waals surface area contributed by atoms with Crippen molar-refractivity contribution in [3.8, 4) is 5.88 Å². The van der Waals surface area contributed by atoms with Gasteiger partial charge in [0.2, 0.25) is 5.88 Å². The zero-order chi connectivity index (χ0) is 13.9. The molecule has 0 aliphatic rings. The monoisotopic (exact) mass is 291 g/mol. The van der Waals surface area contributed by atoms with E-state index in [2.05, 4.69) is 19.8 Å². The van der Waals surface area contributed by atoms with Gasteiger partial charge in [-0.25, -0.2) is 0 Å². The number of fused-ring (bicyclic) bond motifs is 1. The molecule has 20 heavy (non-hydrogen) atoms. The molecule has 0 bridgehead atoms. The summed E-state index contributed by atoms with van der Waals surface area (Å²) in [7, 11) is 1.66. The van der Waals surface area contributed by atoms with Gasteiger partial charge in [-0.05, 0) is 12.5 Å². The molecule has 0 aliphatic carbocycles. The van der Waals surface area contributed by atoms with E-state index in [9.17, 15) is 0 Å². The van der Waals surface area contributed by atoms with E-state index in [0.29, 0.717) is 5.88 Å². The Hall–Kier alpha value is -1.86. The molecule has 106 valence electrons. The third-order valence-electron chi connectivity index (χ3n) is 3.09. The summed E-state index contributed by atoms with van der Waals surface area (Å²) in [5.74, 6) is 0.694. The molecule has 0 atom stereocenters. The summed E-state index contributed by atoms with van der Waals surface area (Å²) in [6.07, 6.45) is 5.93. The summed E-state index contributed by atoms with van der Waals surface area (Å²) < 4.78 is 9.33. The maximum Gasteiger partial charge on any atom is 0.237 e. The lowest BCUT2D eigenvalue weighted by Gasteiger charge is -2.06. The maximum atomic E-state index is 5.32. The number of aromatic nitrogens is 4. The number of nitrogens with one attached hydrogen (secondary N) is 1. The highest BCUT2D eigenvalue weighted by atomic mass is 32.1. The van der Waals surface area contributed by atoms with Crippen molar-refractivity contribution in [1.29, 1.82) is 0 Å². The number of imidazole rings is 1. The second kappa shape index (κ2) is 5.64.